The number of likely N-dealkylation sites (N-methyl/N-ethyl adjacent to an activating group) is 1. The quantitative estimate of drug-likeness (QED) is 0.677. The summed E-state index contributed by atoms with van der Waals surface area (Å²) in [4.78, 5) is 16.2. The SMILES string of the molecule is CN(C)c1ccc(C=NNC(=O)C2CCCCN2C)cc1. The summed E-state index contributed by atoms with van der Waals surface area (Å²) < 4.78 is 0. The maximum absolute atomic E-state index is 12.1. The topological polar surface area (TPSA) is 47.9 Å². The zero-order chi connectivity index (χ0) is 15.2. The number of carbonyl (C=O) groups is 1. The van der Waals surface area contributed by atoms with Crippen molar-refractivity contribution in [2.75, 3.05) is 32.6 Å². The maximum atomic E-state index is 12.1. The molecule has 2 rings (SSSR count). The third kappa shape index (κ3) is 4.29. The summed E-state index contributed by atoms with van der Waals surface area (Å²) in [5, 5.41) is 4.06. The molecule has 1 atom stereocenters. The van der Waals surface area contributed by atoms with Crippen molar-refractivity contribution in [2.45, 2.75) is 25.3 Å². The lowest BCUT2D eigenvalue weighted by atomic mass is 10.0. The second kappa shape index (κ2) is 7.22. The van der Waals surface area contributed by atoms with Gasteiger partial charge in [-0.1, -0.05) is 18.6 Å². The second-order valence-electron chi connectivity index (χ2n) is 5.71. The van der Waals surface area contributed by atoms with E-state index in [0.29, 0.717) is 0 Å². The van der Waals surface area contributed by atoms with Crippen LogP contribution in [-0.4, -0.2) is 50.8 Å². The number of amides is 1. The van der Waals surface area contributed by atoms with E-state index in [-0.39, 0.29) is 11.9 Å². The Balaban J connectivity index is 1.88. The zero-order valence-corrected chi connectivity index (χ0v) is 13.0. The smallest absolute Gasteiger partial charge is 0.257 e. The standard InChI is InChI=1S/C16H24N4O/c1-19(2)14-9-7-13(8-10-14)12-17-18-16(21)15-6-4-5-11-20(15)3/h7-10,12,15H,4-6,11H2,1-3H3,(H,18,21). The van der Waals surface area contributed by atoms with E-state index in [2.05, 4.69) is 15.4 Å². The number of carbonyl (C=O) groups excluding carboxylic acids is 1. The number of rotatable bonds is 4. The Morgan fingerprint density at radius 1 is 1.33 bits per heavy atom. The van der Waals surface area contributed by atoms with Gasteiger partial charge in [0.2, 0.25) is 0 Å². The van der Waals surface area contributed by atoms with Gasteiger partial charge in [0.25, 0.3) is 5.91 Å². The number of nitrogens with one attached hydrogen (secondary N) is 1. The van der Waals surface area contributed by atoms with Crippen LogP contribution in [0.25, 0.3) is 0 Å². The summed E-state index contributed by atoms with van der Waals surface area (Å²) >= 11 is 0. The molecule has 21 heavy (non-hydrogen) atoms. The van der Waals surface area contributed by atoms with Gasteiger partial charge in [-0.25, -0.2) is 5.43 Å². The Hall–Kier alpha value is -1.88. The van der Waals surface area contributed by atoms with Crippen molar-refractivity contribution in [1.82, 2.24) is 10.3 Å². The number of likely N-dealkylation sites (tertiary alicyclic amines) is 1. The second-order valence-corrected chi connectivity index (χ2v) is 5.71. The molecule has 0 spiro atoms. The van der Waals surface area contributed by atoms with E-state index in [1.54, 1.807) is 6.21 Å². The van der Waals surface area contributed by atoms with Gasteiger partial charge in [0, 0.05) is 19.8 Å². The number of anilines is 1. The molecule has 1 heterocycles. The fourth-order valence-electron chi connectivity index (χ4n) is 2.51. The summed E-state index contributed by atoms with van der Waals surface area (Å²) in [6.07, 6.45) is 4.87. The van der Waals surface area contributed by atoms with E-state index in [1.165, 1.54) is 6.42 Å². The lowest BCUT2D eigenvalue weighted by molar-refractivity contribution is -0.126. The average molecular weight is 288 g/mol. The van der Waals surface area contributed by atoms with Crippen LogP contribution in [0, 0.1) is 0 Å². The number of hydrazone groups is 1. The molecule has 5 nitrogen and oxygen atoms in total. The predicted octanol–water partition coefficient (Wildman–Crippen LogP) is 1.69. The molecule has 1 aliphatic rings. The van der Waals surface area contributed by atoms with Crippen molar-refractivity contribution in [2.24, 2.45) is 5.10 Å². The molecule has 0 saturated carbocycles. The Bertz CT molecular complexity index is 496. The molecule has 1 saturated heterocycles. The molecule has 114 valence electrons. The van der Waals surface area contributed by atoms with Gasteiger partial charge in [-0.2, -0.15) is 5.10 Å². The first-order valence-electron chi connectivity index (χ1n) is 7.38. The molecule has 1 aromatic carbocycles. The van der Waals surface area contributed by atoms with Crippen molar-refractivity contribution < 1.29 is 4.79 Å². The number of benzene rings is 1. The lowest BCUT2D eigenvalue weighted by Gasteiger charge is -2.30. The number of nitrogens with zero attached hydrogens (tertiary/aromatic N) is 3. The van der Waals surface area contributed by atoms with Gasteiger partial charge in [0.15, 0.2) is 0 Å². The van der Waals surface area contributed by atoms with Crippen LogP contribution in [-0.2, 0) is 4.79 Å². The van der Waals surface area contributed by atoms with Crippen LogP contribution < -0.4 is 10.3 Å². The minimum absolute atomic E-state index is 0.0154. The minimum Gasteiger partial charge on any atom is -0.378 e. The summed E-state index contributed by atoms with van der Waals surface area (Å²) in [6.45, 7) is 0.980. The van der Waals surface area contributed by atoms with Gasteiger partial charge in [0.1, 0.15) is 0 Å². The van der Waals surface area contributed by atoms with Crippen LogP contribution in [0.2, 0.25) is 0 Å². The van der Waals surface area contributed by atoms with E-state index in [9.17, 15) is 4.79 Å². The Morgan fingerprint density at radius 3 is 2.67 bits per heavy atom. The average Bonchev–Trinajstić information content (AvgIpc) is 2.48. The van der Waals surface area contributed by atoms with Gasteiger partial charge in [-0.3, -0.25) is 9.69 Å². The Labute approximate surface area is 126 Å². The van der Waals surface area contributed by atoms with Crippen LogP contribution in [0.15, 0.2) is 29.4 Å². The van der Waals surface area contributed by atoms with E-state index in [4.69, 9.17) is 0 Å². The zero-order valence-electron chi connectivity index (χ0n) is 13.0. The number of piperidine rings is 1. The molecule has 0 bridgehead atoms. The fourth-order valence-corrected chi connectivity index (χ4v) is 2.51. The van der Waals surface area contributed by atoms with Gasteiger partial charge in [-0.05, 0) is 44.1 Å². The maximum Gasteiger partial charge on any atom is 0.257 e. The molecule has 0 radical (unpaired) electrons. The van der Waals surface area contributed by atoms with Crippen molar-refractivity contribution in [1.29, 1.82) is 0 Å². The van der Waals surface area contributed by atoms with Gasteiger partial charge < -0.3 is 4.90 Å². The molecule has 1 amide bonds. The summed E-state index contributed by atoms with van der Waals surface area (Å²) in [5.41, 5.74) is 4.76. The monoisotopic (exact) mass is 288 g/mol. The number of hydrogen-bond acceptors (Lipinski definition) is 4. The third-order valence-electron chi connectivity index (χ3n) is 3.87. The van der Waals surface area contributed by atoms with Gasteiger partial charge in [0.05, 0.1) is 12.3 Å². The molecule has 1 fully saturated rings. The minimum atomic E-state index is -0.0491. The molecule has 1 aliphatic heterocycles. The highest BCUT2D eigenvalue weighted by atomic mass is 16.2. The van der Waals surface area contributed by atoms with Crippen LogP contribution in [0.4, 0.5) is 5.69 Å². The molecule has 1 N–H and O–H groups in total. The lowest BCUT2D eigenvalue weighted by Crippen LogP contribution is -2.46. The molecule has 0 aromatic heterocycles. The van der Waals surface area contributed by atoms with Crippen molar-refractivity contribution in [3.8, 4) is 0 Å². The summed E-state index contributed by atoms with van der Waals surface area (Å²) in [6, 6.07) is 7.97. The van der Waals surface area contributed by atoms with Crippen LogP contribution >= 0.6 is 0 Å². The molecular weight excluding hydrogens is 264 g/mol. The largest absolute Gasteiger partial charge is 0.378 e. The van der Waals surface area contributed by atoms with E-state index >= 15 is 0 Å². The van der Waals surface area contributed by atoms with E-state index in [0.717, 1.165) is 30.6 Å². The highest BCUT2D eigenvalue weighted by molar-refractivity contribution is 5.85. The third-order valence-corrected chi connectivity index (χ3v) is 3.87. The normalized spacial score (nSPS) is 19.7. The first-order valence-corrected chi connectivity index (χ1v) is 7.38. The number of hydrogen-bond donors (Lipinski definition) is 1. The Kier molecular flexibility index (Phi) is 5.33. The molecular formula is C16H24N4O. The molecule has 1 unspecified atom stereocenters. The molecule has 0 aliphatic carbocycles. The first kappa shape index (κ1) is 15.5. The Morgan fingerprint density at radius 2 is 2.05 bits per heavy atom. The predicted molar refractivity (Wildman–Crippen MR) is 86.8 cm³/mol. The van der Waals surface area contributed by atoms with Crippen molar-refractivity contribution in [3.05, 3.63) is 29.8 Å². The van der Waals surface area contributed by atoms with E-state index < -0.39 is 0 Å². The van der Waals surface area contributed by atoms with E-state index in [1.807, 2.05) is 50.3 Å². The summed E-state index contributed by atoms with van der Waals surface area (Å²) in [7, 11) is 6.00. The highest BCUT2D eigenvalue weighted by Gasteiger charge is 2.25. The van der Waals surface area contributed by atoms with Crippen molar-refractivity contribution >= 4 is 17.8 Å². The molecule has 5 heteroatoms. The fraction of sp³-hybridized carbons (Fsp3) is 0.500. The first-order chi connectivity index (χ1) is 10.1. The van der Waals surface area contributed by atoms with Crippen LogP contribution in [0.5, 0.6) is 0 Å². The van der Waals surface area contributed by atoms with Gasteiger partial charge >= 0.3 is 0 Å². The van der Waals surface area contributed by atoms with Crippen LogP contribution in [0.3, 0.4) is 0 Å². The molecule has 1 aromatic rings. The van der Waals surface area contributed by atoms with Gasteiger partial charge in [-0.15, -0.1) is 0 Å². The van der Waals surface area contributed by atoms with Crippen LogP contribution in [0.1, 0.15) is 24.8 Å². The van der Waals surface area contributed by atoms with Crippen molar-refractivity contribution in [3.63, 3.8) is 0 Å². The summed E-state index contributed by atoms with van der Waals surface area (Å²) in [5.74, 6) is -0.0154. The highest BCUT2D eigenvalue weighted by Crippen LogP contribution is 2.15.